The topological polar surface area (TPSA) is 41.5 Å². The summed E-state index contributed by atoms with van der Waals surface area (Å²) < 4.78 is 5.30. The number of ether oxygens (including phenoxy) is 1. The molecule has 0 spiro atoms. The van der Waals surface area contributed by atoms with Crippen LogP contribution in [0.4, 0.5) is 0 Å². The van der Waals surface area contributed by atoms with Crippen molar-refractivity contribution in [3.8, 4) is 0 Å². The summed E-state index contributed by atoms with van der Waals surface area (Å²) >= 11 is 6.23. The van der Waals surface area contributed by atoms with Gasteiger partial charge in [-0.3, -0.25) is 0 Å². The van der Waals surface area contributed by atoms with E-state index in [2.05, 4.69) is 11.4 Å². The summed E-state index contributed by atoms with van der Waals surface area (Å²) in [4.78, 5) is 0. The first-order valence-electron chi connectivity index (χ1n) is 7.44. The Bertz CT molecular complexity index is 454. The smallest absolute Gasteiger partial charge is 0.0815 e. The monoisotopic (exact) mass is 295 g/mol. The molecule has 2 N–H and O–H groups in total. The van der Waals surface area contributed by atoms with E-state index < -0.39 is 5.60 Å². The first-order chi connectivity index (χ1) is 9.66. The van der Waals surface area contributed by atoms with E-state index in [4.69, 9.17) is 16.3 Å². The van der Waals surface area contributed by atoms with Crippen molar-refractivity contribution in [1.29, 1.82) is 0 Å². The van der Waals surface area contributed by atoms with E-state index in [1.807, 2.05) is 18.2 Å². The van der Waals surface area contributed by atoms with Crippen molar-refractivity contribution in [2.45, 2.75) is 43.2 Å². The summed E-state index contributed by atoms with van der Waals surface area (Å²) in [6.07, 6.45) is 3.69. The van der Waals surface area contributed by atoms with Gasteiger partial charge in [-0.1, -0.05) is 29.8 Å². The van der Waals surface area contributed by atoms with Crippen LogP contribution in [0.3, 0.4) is 0 Å². The Morgan fingerprint density at radius 1 is 1.25 bits per heavy atom. The third kappa shape index (κ3) is 3.17. The number of benzene rings is 1. The van der Waals surface area contributed by atoms with Crippen LogP contribution in [0, 0.1) is 0 Å². The first-order valence-corrected chi connectivity index (χ1v) is 7.82. The number of hydrogen-bond acceptors (Lipinski definition) is 3. The minimum Gasteiger partial charge on any atom is -0.388 e. The molecule has 1 aliphatic carbocycles. The lowest BCUT2D eigenvalue weighted by Crippen LogP contribution is -2.50. The molecule has 0 aromatic heterocycles. The minimum atomic E-state index is -0.576. The van der Waals surface area contributed by atoms with Crippen molar-refractivity contribution in [2.75, 3.05) is 19.8 Å². The second-order valence-electron chi connectivity index (χ2n) is 6.10. The second kappa shape index (κ2) is 6.02. The van der Waals surface area contributed by atoms with Gasteiger partial charge in [-0.2, -0.15) is 0 Å². The van der Waals surface area contributed by atoms with Gasteiger partial charge in [0.1, 0.15) is 0 Å². The second-order valence-corrected chi connectivity index (χ2v) is 6.51. The van der Waals surface area contributed by atoms with Crippen LogP contribution in [0.5, 0.6) is 0 Å². The van der Waals surface area contributed by atoms with E-state index in [9.17, 15) is 5.11 Å². The standard InChI is InChI=1S/C16H22ClNO2/c17-15-4-2-1-3-14(15)12-9-13(10-12)18-11-16(19)5-7-20-8-6-16/h1-4,12-13,18-19H,5-11H2. The van der Waals surface area contributed by atoms with Crippen LogP contribution in [0.2, 0.25) is 5.02 Å². The Labute approximate surface area is 125 Å². The zero-order valence-electron chi connectivity index (χ0n) is 11.6. The largest absolute Gasteiger partial charge is 0.388 e. The molecule has 0 unspecified atom stereocenters. The lowest BCUT2D eigenvalue weighted by Gasteiger charge is -2.40. The third-order valence-electron chi connectivity index (χ3n) is 4.63. The zero-order valence-corrected chi connectivity index (χ0v) is 12.4. The molecule has 110 valence electrons. The van der Waals surface area contributed by atoms with E-state index in [-0.39, 0.29) is 0 Å². The quantitative estimate of drug-likeness (QED) is 0.897. The number of rotatable bonds is 4. The van der Waals surface area contributed by atoms with E-state index >= 15 is 0 Å². The Hall–Kier alpha value is -0.610. The highest BCUT2D eigenvalue weighted by molar-refractivity contribution is 6.31. The van der Waals surface area contributed by atoms with Crippen molar-refractivity contribution in [2.24, 2.45) is 0 Å². The molecule has 1 aliphatic heterocycles. The van der Waals surface area contributed by atoms with E-state index in [1.165, 1.54) is 5.56 Å². The lowest BCUT2D eigenvalue weighted by atomic mass is 9.75. The van der Waals surface area contributed by atoms with Crippen LogP contribution in [0.25, 0.3) is 0 Å². The number of aliphatic hydroxyl groups is 1. The summed E-state index contributed by atoms with van der Waals surface area (Å²) in [5, 5.41) is 14.8. The highest BCUT2D eigenvalue weighted by Gasteiger charge is 2.35. The molecule has 2 fully saturated rings. The molecule has 0 bridgehead atoms. The molecular formula is C16H22ClNO2. The summed E-state index contributed by atoms with van der Waals surface area (Å²) in [6.45, 7) is 2.02. The Morgan fingerprint density at radius 2 is 1.95 bits per heavy atom. The first kappa shape index (κ1) is 14.3. The van der Waals surface area contributed by atoms with Crippen molar-refractivity contribution < 1.29 is 9.84 Å². The van der Waals surface area contributed by atoms with Crippen molar-refractivity contribution in [3.63, 3.8) is 0 Å². The maximum absolute atomic E-state index is 10.4. The normalized spacial score (nSPS) is 28.9. The van der Waals surface area contributed by atoms with Crippen LogP contribution < -0.4 is 5.32 Å². The van der Waals surface area contributed by atoms with E-state index in [0.29, 0.717) is 31.7 Å². The molecule has 4 heteroatoms. The molecule has 0 atom stereocenters. The van der Waals surface area contributed by atoms with Gasteiger partial charge in [0.15, 0.2) is 0 Å². The predicted molar refractivity (Wildman–Crippen MR) is 80.2 cm³/mol. The molecule has 1 aromatic carbocycles. The molecule has 3 rings (SSSR count). The number of nitrogens with one attached hydrogen (secondary N) is 1. The molecule has 0 amide bonds. The summed E-state index contributed by atoms with van der Waals surface area (Å²) in [5.41, 5.74) is 0.685. The van der Waals surface area contributed by atoms with E-state index in [0.717, 1.165) is 30.7 Å². The van der Waals surface area contributed by atoms with Crippen molar-refractivity contribution in [1.82, 2.24) is 5.32 Å². The van der Waals surface area contributed by atoms with Gasteiger partial charge in [0.2, 0.25) is 0 Å². The molecule has 1 aromatic rings. The molecule has 20 heavy (non-hydrogen) atoms. The molecule has 3 nitrogen and oxygen atoms in total. The molecule has 2 aliphatic rings. The van der Waals surface area contributed by atoms with Crippen LogP contribution in [-0.2, 0) is 4.74 Å². The third-order valence-corrected chi connectivity index (χ3v) is 4.97. The van der Waals surface area contributed by atoms with Gasteiger partial charge in [0.25, 0.3) is 0 Å². The summed E-state index contributed by atoms with van der Waals surface area (Å²) in [6, 6.07) is 8.61. The molecule has 1 heterocycles. The average molecular weight is 296 g/mol. The van der Waals surface area contributed by atoms with Gasteiger partial charge in [0, 0.05) is 43.7 Å². The predicted octanol–water partition coefficient (Wildman–Crippen LogP) is 2.72. The minimum absolute atomic E-state index is 0.503. The van der Waals surface area contributed by atoms with Crippen molar-refractivity contribution >= 4 is 11.6 Å². The maximum Gasteiger partial charge on any atom is 0.0815 e. The number of hydrogen-bond donors (Lipinski definition) is 2. The van der Waals surface area contributed by atoms with Gasteiger partial charge in [-0.15, -0.1) is 0 Å². The fourth-order valence-electron chi connectivity index (χ4n) is 3.11. The number of halogens is 1. The van der Waals surface area contributed by atoms with Gasteiger partial charge >= 0.3 is 0 Å². The fraction of sp³-hybridized carbons (Fsp3) is 0.625. The zero-order chi connectivity index (χ0) is 14.0. The highest BCUT2D eigenvalue weighted by atomic mass is 35.5. The van der Waals surface area contributed by atoms with Crippen LogP contribution in [-0.4, -0.2) is 36.5 Å². The van der Waals surface area contributed by atoms with Gasteiger partial charge < -0.3 is 15.2 Å². The van der Waals surface area contributed by atoms with Gasteiger partial charge in [0.05, 0.1) is 5.60 Å². The van der Waals surface area contributed by atoms with E-state index in [1.54, 1.807) is 0 Å². The molecule has 1 saturated carbocycles. The SMILES string of the molecule is OC1(CNC2CC(c3ccccc3Cl)C2)CCOCC1. The van der Waals surface area contributed by atoms with Crippen LogP contribution in [0.1, 0.15) is 37.2 Å². The van der Waals surface area contributed by atoms with Gasteiger partial charge in [-0.05, 0) is 30.4 Å². The average Bonchev–Trinajstić information content (AvgIpc) is 2.39. The van der Waals surface area contributed by atoms with Gasteiger partial charge in [-0.25, -0.2) is 0 Å². The maximum atomic E-state index is 10.4. The Morgan fingerprint density at radius 3 is 2.65 bits per heavy atom. The van der Waals surface area contributed by atoms with Crippen molar-refractivity contribution in [3.05, 3.63) is 34.9 Å². The molecular weight excluding hydrogens is 274 g/mol. The van der Waals surface area contributed by atoms with Crippen LogP contribution in [0.15, 0.2) is 24.3 Å². The fourth-order valence-corrected chi connectivity index (χ4v) is 3.40. The highest BCUT2D eigenvalue weighted by Crippen LogP contribution is 2.40. The Kier molecular flexibility index (Phi) is 4.32. The molecule has 1 saturated heterocycles. The van der Waals surface area contributed by atoms with Crippen LogP contribution >= 0.6 is 11.6 Å². The molecule has 0 radical (unpaired) electrons. The Balaban J connectivity index is 1.46. The summed E-state index contributed by atoms with van der Waals surface area (Å²) in [7, 11) is 0. The lowest BCUT2D eigenvalue weighted by molar-refractivity contribution is -0.0640. The summed E-state index contributed by atoms with van der Waals surface area (Å²) in [5.74, 6) is 0.561.